The molecule has 0 spiro atoms. The quantitative estimate of drug-likeness (QED) is 0.216. The molecule has 0 atom stereocenters. The van der Waals surface area contributed by atoms with E-state index < -0.39 is 7.60 Å². The van der Waals surface area contributed by atoms with E-state index in [9.17, 15) is 4.57 Å². The van der Waals surface area contributed by atoms with Gasteiger partial charge < -0.3 is 9.79 Å². The van der Waals surface area contributed by atoms with Crippen LogP contribution in [0.2, 0.25) is 0 Å². The summed E-state index contributed by atoms with van der Waals surface area (Å²) in [4.78, 5) is 19.7. The van der Waals surface area contributed by atoms with Crippen LogP contribution >= 0.6 is 7.60 Å². The predicted molar refractivity (Wildman–Crippen MR) is 54.0 cm³/mol. The largest absolute Gasteiger partial charge is 0.325 e. The first-order valence-corrected chi connectivity index (χ1v) is 6.41. The van der Waals surface area contributed by atoms with Gasteiger partial charge in [0.2, 0.25) is 0 Å². The molecule has 6 nitrogen and oxygen atoms in total. The summed E-state index contributed by atoms with van der Waals surface area (Å²) in [6.45, 7) is 0.509. The summed E-state index contributed by atoms with van der Waals surface area (Å²) in [6, 6.07) is 0. The zero-order valence-electron chi connectivity index (χ0n) is 8.04. The van der Waals surface area contributed by atoms with E-state index in [1.807, 2.05) is 0 Å². The van der Waals surface area contributed by atoms with Crippen LogP contribution in [-0.2, 0) is 4.57 Å². The number of hydrogen-bond acceptors (Lipinski definition) is 2. The average molecular weight is 221 g/mol. The van der Waals surface area contributed by atoms with Gasteiger partial charge in [0.05, 0.1) is 0 Å². The monoisotopic (exact) mass is 221 g/mol. The fourth-order valence-electron chi connectivity index (χ4n) is 1.08. The van der Waals surface area contributed by atoms with Crippen LogP contribution in [0.5, 0.6) is 0 Å². The molecule has 0 saturated carbocycles. The molecule has 0 fully saturated rings. The van der Waals surface area contributed by atoms with E-state index >= 15 is 0 Å². The number of azide groups is 1. The summed E-state index contributed by atoms with van der Waals surface area (Å²) in [7, 11) is -3.80. The minimum Gasteiger partial charge on any atom is -0.324 e. The minimum absolute atomic E-state index is 0.0245. The van der Waals surface area contributed by atoms with Crippen molar-refractivity contribution in [2.45, 2.75) is 32.1 Å². The molecule has 0 aromatic carbocycles. The third kappa shape index (κ3) is 11.5. The molecule has 0 aliphatic carbocycles. The first kappa shape index (κ1) is 13.5. The van der Waals surface area contributed by atoms with Crippen molar-refractivity contribution in [1.29, 1.82) is 0 Å². The lowest BCUT2D eigenvalue weighted by Gasteiger charge is -2.02. The van der Waals surface area contributed by atoms with E-state index in [2.05, 4.69) is 10.0 Å². The van der Waals surface area contributed by atoms with Crippen LogP contribution in [0, 0.1) is 0 Å². The van der Waals surface area contributed by atoms with E-state index in [0.29, 0.717) is 13.0 Å². The Morgan fingerprint density at radius 1 is 1.14 bits per heavy atom. The fourth-order valence-corrected chi connectivity index (χ4v) is 1.71. The second kappa shape index (κ2) is 7.83. The van der Waals surface area contributed by atoms with Crippen molar-refractivity contribution in [3.63, 3.8) is 0 Å². The van der Waals surface area contributed by atoms with Crippen LogP contribution in [0.3, 0.4) is 0 Å². The normalized spacial score (nSPS) is 11.0. The first-order chi connectivity index (χ1) is 6.56. The molecule has 0 aliphatic heterocycles. The van der Waals surface area contributed by atoms with Gasteiger partial charge in [0, 0.05) is 17.6 Å². The highest BCUT2D eigenvalue weighted by molar-refractivity contribution is 7.51. The van der Waals surface area contributed by atoms with Crippen LogP contribution in [0.4, 0.5) is 0 Å². The summed E-state index contributed by atoms with van der Waals surface area (Å²) in [5, 5.41) is 3.38. The van der Waals surface area contributed by atoms with Gasteiger partial charge in [-0.2, -0.15) is 0 Å². The SMILES string of the molecule is [N-]=[N+]=NCCCCCCCP(=O)(O)O. The molecular formula is C7H16N3O3P. The van der Waals surface area contributed by atoms with Crippen LogP contribution in [0.15, 0.2) is 5.11 Å². The maximum Gasteiger partial charge on any atom is 0.325 e. The molecule has 0 unspecified atom stereocenters. The van der Waals surface area contributed by atoms with Gasteiger partial charge >= 0.3 is 7.60 Å². The lowest BCUT2D eigenvalue weighted by molar-refractivity contribution is 0.370. The Labute approximate surface area is 83.1 Å². The highest BCUT2D eigenvalue weighted by atomic mass is 31.2. The van der Waals surface area contributed by atoms with Crippen molar-refractivity contribution in [3.8, 4) is 0 Å². The molecule has 0 radical (unpaired) electrons. The Bertz CT molecular complexity index is 234. The van der Waals surface area contributed by atoms with E-state index in [0.717, 1.165) is 25.7 Å². The topological polar surface area (TPSA) is 106 Å². The third-order valence-corrected chi connectivity index (χ3v) is 2.67. The Kier molecular flexibility index (Phi) is 7.52. The number of unbranched alkanes of at least 4 members (excludes halogenated alkanes) is 4. The maximum absolute atomic E-state index is 10.4. The molecule has 0 rings (SSSR count). The van der Waals surface area contributed by atoms with Gasteiger partial charge in [-0.25, -0.2) is 0 Å². The van der Waals surface area contributed by atoms with E-state index in [4.69, 9.17) is 15.3 Å². The van der Waals surface area contributed by atoms with Crippen molar-refractivity contribution in [3.05, 3.63) is 10.4 Å². The lowest BCUT2D eigenvalue weighted by Crippen LogP contribution is -1.88. The summed E-state index contributed by atoms with van der Waals surface area (Å²) in [6.07, 6.45) is 4.08. The average Bonchev–Trinajstić information content (AvgIpc) is 2.08. The highest BCUT2D eigenvalue weighted by Crippen LogP contribution is 2.35. The molecule has 0 heterocycles. The van der Waals surface area contributed by atoms with Crippen LogP contribution in [0.25, 0.3) is 10.4 Å². The molecule has 0 bridgehead atoms. The lowest BCUT2D eigenvalue weighted by atomic mass is 10.2. The number of rotatable bonds is 8. The molecule has 0 amide bonds. The smallest absolute Gasteiger partial charge is 0.324 e. The molecular weight excluding hydrogens is 205 g/mol. The Hall–Kier alpha value is -0.540. The molecule has 82 valence electrons. The first-order valence-electron chi connectivity index (χ1n) is 4.62. The highest BCUT2D eigenvalue weighted by Gasteiger charge is 2.10. The Morgan fingerprint density at radius 2 is 1.71 bits per heavy atom. The molecule has 7 heteroatoms. The van der Waals surface area contributed by atoms with Crippen LogP contribution < -0.4 is 0 Å². The van der Waals surface area contributed by atoms with Gasteiger partial charge in [0.25, 0.3) is 0 Å². The van der Waals surface area contributed by atoms with E-state index in [1.54, 1.807) is 0 Å². The number of nitrogens with zero attached hydrogens (tertiary/aromatic N) is 3. The second-order valence-corrected chi connectivity index (χ2v) is 4.89. The molecule has 0 aliphatic rings. The van der Waals surface area contributed by atoms with Gasteiger partial charge in [-0.3, -0.25) is 4.57 Å². The van der Waals surface area contributed by atoms with E-state index in [-0.39, 0.29) is 6.16 Å². The Morgan fingerprint density at radius 3 is 2.29 bits per heavy atom. The molecule has 0 aromatic rings. The number of hydrogen-bond donors (Lipinski definition) is 2. The molecule has 14 heavy (non-hydrogen) atoms. The zero-order valence-corrected chi connectivity index (χ0v) is 8.94. The summed E-state index contributed by atoms with van der Waals surface area (Å²) < 4.78 is 10.4. The summed E-state index contributed by atoms with van der Waals surface area (Å²) >= 11 is 0. The van der Waals surface area contributed by atoms with Gasteiger partial charge in [-0.05, 0) is 18.4 Å². The van der Waals surface area contributed by atoms with Crippen molar-refractivity contribution >= 4 is 7.60 Å². The molecule has 0 saturated heterocycles. The van der Waals surface area contributed by atoms with Gasteiger partial charge in [0.1, 0.15) is 0 Å². The molecule has 0 aromatic heterocycles. The van der Waals surface area contributed by atoms with E-state index in [1.165, 1.54) is 0 Å². The third-order valence-electron chi connectivity index (χ3n) is 1.77. The van der Waals surface area contributed by atoms with Crippen LogP contribution in [0.1, 0.15) is 32.1 Å². The summed E-state index contributed by atoms with van der Waals surface area (Å²) in [5.74, 6) is 0. The maximum atomic E-state index is 10.4. The zero-order chi connectivity index (χ0) is 10.9. The van der Waals surface area contributed by atoms with Crippen molar-refractivity contribution < 1.29 is 14.4 Å². The predicted octanol–water partition coefficient (Wildman–Crippen LogP) is 2.42. The van der Waals surface area contributed by atoms with Gasteiger partial charge in [-0.15, -0.1) is 0 Å². The van der Waals surface area contributed by atoms with Crippen molar-refractivity contribution in [2.24, 2.45) is 5.11 Å². The Balaban J connectivity index is 3.14. The minimum atomic E-state index is -3.80. The second-order valence-electron chi connectivity index (χ2n) is 3.11. The fraction of sp³-hybridized carbons (Fsp3) is 1.00. The van der Waals surface area contributed by atoms with Crippen molar-refractivity contribution in [1.82, 2.24) is 0 Å². The molecule has 2 N–H and O–H groups in total. The van der Waals surface area contributed by atoms with Crippen LogP contribution in [-0.4, -0.2) is 22.5 Å². The summed E-state index contributed by atoms with van der Waals surface area (Å²) in [5.41, 5.74) is 7.97. The van der Waals surface area contributed by atoms with Gasteiger partial charge in [-0.1, -0.05) is 24.4 Å². The van der Waals surface area contributed by atoms with Crippen molar-refractivity contribution in [2.75, 3.05) is 12.7 Å². The van der Waals surface area contributed by atoms with Gasteiger partial charge in [0.15, 0.2) is 0 Å². The standard InChI is InChI=1S/C7H16N3O3P/c8-10-9-6-4-2-1-3-5-7-14(11,12)13/h1-7H2,(H2,11,12,13).